The topological polar surface area (TPSA) is 148 Å². The Balaban J connectivity index is 1.11. The van der Waals surface area contributed by atoms with Crippen LogP contribution in [-0.4, -0.2) is 71.2 Å². The van der Waals surface area contributed by atoms with Crippen molar-refractivity contribution in [1.29, 1.82) is 0 Å². The van der Waals surface area contributed by atoms with Crippen LogP contribution in [0.3, 0.4) is 0 Å². The minimum Gasteiger partial charge on any atom is -0.490 e. The number of carbonyl (C=O) groups is 2. The van der Waals surface area contributed by atoms with E-state index in [0.717, 1.165) is 38.4 Å². The summed E-state index contributed by atoms with van der Waals surface area (Å²) in [5.74, 6) is -1.07. The third-order valence-corrected chi connectivity index (χ3v) is 10.9. The molecule has 1 amide bonds. The molecule has 1 aromatic carbocycles. The number of carbonyl (C=O) groups excluding carboxylic acids is 1. The molecule has 1 saturated heterocycles. The number of carboxylic acids is 1. The van der Waals surface area contributed by atoms with E-state index >= 15 is 0 Å². The molecule has 4 aromatic heterocycles. The minimum atomic E-state index is -5.01. The lowest BCUT2D eigenvalue weighted by Gasteiger charge is -2.33. The van der Waals surface area contributed by atoms with Crippen LogP contribution >= 0.6 is 0 Å². The van der Waals surface area contributed by atoms with E-state index in [1.165, 1.54) is 12.4 Å². The number of nitrogens with one attached hydrogen (secondary N) is 1. The molecule has 2 saturated carbocycles. The molecule has 0 spiro atoms. The van der Waals surface area contributed by atoms with Crippen LogP contribution in [0.4, 0.5) is 19.1 Å². The molecule has 2 aliphatic carbocycles. The summed E-state index contributed by atoms with van der Waals surface area (Å²) in [4.78, 5) is 49.3. The summed E-state index contributed by atoms with van der Waals surface area (Å²) in [5, 5.41) is 13.4. The average molecular weight is 727 g/mol. The summed E-state index contributed by atoms with van der Waals surface area (Å²) in [7, 11) is 0. The number of pyridine rings is 1. The number of anilines is 1. The molecule has 1 aliphatic heterocycles. The minimum absolute atomic E-state index is 0.0165. The highest BCUT2D eigenvalue weighted by Gasteiger charge is 2.56. The molecule has 2 N–H and O–H groups in total. The van der Waals surface area contributed by atoms with E-state index in [4.69, 9.17) is 4.74 Å². The molecule has 8 rings (SSSR count). The van der Waals surface area contributed by atoms with Gasteiger partial charge in [-0.1, -0.05) is 6.92 Å². The van der Waals surface area contributed by atoms with Crippen LogP contribution in [0.25, 0.3) is 27.8 Å². The number of ether oxygens (including phenoxy) is 1. The van der Waals surface area contributed by atoms with E-state index in [1.54, 1.807) is 53.8 Å². The fourth-order valence-electron chi connectivity index (χ4n) is 8.62. The highest BCUT2D eigenvalue weighted by Crippen LogP contribution is 2.51. The van der Waals surface area contributed by atoms with Crippen molar-refractivity contribution < 1.29 is 32.6 Å². The SMILES string of the molecule is CC1CC2CC(C1)C(NC(=O)c1ccc(-c3cn(-c4cncnc4)c4cc(OC5CCN(c6ncccn6)CC5)ccc34)nc1C(F)(F)F)(C(=O)O)C2. The molecule has 15 heteroatoms. The Labute approximate surface area is 302 Å². The Bertz CT molecular complexity index is 2160. The van der Waals surface area contributed by atoms with Gasteiger partial charge in [-0.15, -0.1) is 0 Å². The molecule has 5 aromatic rings. The third-order valence-electron chi connectivity index (χ3n) is 10.9. The Morgan fingerprint density at radius 1 is 1.02 bits per heavy atom. The van der Waals surface area contributed by atoms with Crippen LogP contribution in [0.15, 0.2) is 73.7 Å². The summed E-state index contributed by atoms with van der Waals surface area (Å²) >= 11 is 0. The molecule has 5 heterocycles. The van der Waals surface area contributed by atoms with Gasteiger partial charge in [-0.05, 0) is 73.8 Å². The fraction of sp³-hybridized carbons (Fsp3) is 0.395. The second-order valence-electron chi connectivity index (χ2n) is 14.4. The van der Waals surface area contributed by atoms with Gasteiger partial charge in [0.1, 0.15) is 23.7 Å². The van der Waals surface area contributed by atoms with Crippen molar-refractivity contribution in [3.63, 3.8) is 0 Å². The molecule has 274 valence electrons. The molecule has 0 radical (unpaired) electrons. The predicted molar refractivity (Wildman–Crippen MR) is 187 cm³/mol. The number of halogens is 3. The summed E-state index contributed by atoms with van der Waals surface area (Å²) in [6.45, 7) is 3.47. The summed E-state index contributed by atoms with van der Waals surface area (Å²) in [6, 6.07) is 9.60. The number of amides is 1. The molecule has 12 nitrogen and oxygen atoms in total. The zero-order chi connectivity index (χ0) is 36.9. The van der Waals surface area contributed by atoms with E-state index in [9.17, 15) is 27.9 Å². The van der Waals surface area contributed by atoms with Crippen molar-refractivity contribution in [3.05, 3.63) is 85.0 Å². The van der Waals surface area contributed by atoms with Crippen LogP contribution in [0.5, 0.6) is 5.75 Å². The normalized spacial score (nSPS) is 23.2. The van der Waals surface area contributed by atoms with E-state index in [1.807, 2.05) is 13.0 Å². The molecular weight excluding hydrogens is 689 g/mol. The van der Waals surface area contributed by atoms with Gasteiger partial charge in [0.25, 0.3) is 5.91 Å². The molecule has 3 aliphatic rings. The van der Waals surface area contributed by atoms with Gasteiger partial charge in [0, 0.05) is 61.5 Å². The van der Waals surface area contributed by atoms with Crippen molar-refractivity contribution in [3.8, 4) is 22.7 Å². The maximum absolute atomic E-state index is 14.7. The number of hydrogen-bond acceptors (Lipinski definition) is 9. The largest absolute Gasteiger partial charge is 0.490 e. The van der Waals surface area contributed by atoms with Crippen LogP contribution in [-0.2, 0) is 11.0 Å². The van der Waals surface area contributed by atoms with Gasteiger partial charge in [-0.3, -0.25) is 4.79 Å². The van der Waals surface area contributed by atoms with Gasteiger partial charge < -0.3 is 24.6 Å². The first-order chi connectivity index (χ1) is 25.5. The maximum Gasteiger partial charge on any atom is 0.434 e. The second kappa shape index (κ2) is 13.4. The number of aliphatic carboxylic acids is 1. The van der Waals surface area contributed by atoms with Gasteiger partial charge >= 0.3 is 12.1 Å². The standard InChI is InChI=1S/C38H37F3N8O4/c1-22-13-23-15-24(14-22)37(17-23,35(51)52)47-34(50)29-5-6-31(46-33(29)38(39,40)41)30-20-49(25-18-42-21-43-19-25)32-16-27(3-4-28(30)32)53-26-7-11-48(12-8-26)36-44-9-2-10-45-36/h2-6,9-10,16,18-24,26H,7-8,11-15,17H2,1H3,(H,47,50)(H,51,52). The number of benzene rings is 1. The quantitative estimate of drug-likeness (QED) is 0.185. The highest BCUT2D eigenvalue weighted by atomic mass is 19.4. The Hall–Kier alpha value is -5.60. The Morgan fingerprint density at radius 3 is 2.49 bits per heavy atom. The van der Waals surface area contributed by atoms with Crippen LogP contribution < -0.4 is 15.0 Å². The molecule has 53 heavy (non-hydrogen) atoms. The predicted octanol–water partition coefficient (Wildman–Crippen LogP) is 6.35. The summed E-state index contributed by atoms with van der Waals surface area (Å²) in [6.07, 6.45) is 8.26. The number of nitrogens with zero attached hydrogens (tertiary/aromatic N) is 7. The monoisotopic (exact) mass is 726 g/mol. The third kappa shape index (κ3) is 6.52. The fourth-order valence-corrected chi connectivity index (χ4v) is 8.62. The first kappa shape index (κ1) is 34.5. The number of rotatable bonds is 8. The smallest absolute Gasteiger partial charge is 0.434 e. The number of carboxylic acid groups (broad SMARTS) is 1. The van der Waals surface area contributed by atoms with E-state index in [2.05, 4.69) is 35.1 Å². The van der Waals surface area contributed by atoms with Crippen LogP contribution in [0.2, 0.25) is 0 Å². The van der Waals surface area contributed by atoms with Gasteiger partial charge in [0.05, 0.1) is 34.9 Å². The second-order valence-corrected chi connectivity index (χ2v) is 14.4. The molecule has 4 atom stereocenters. The number of alkyl halides is 3. The van der Waals surface area contributed by atoms with E-state index in [0.29, 0.717) is 46.7 Å². The lowest BCUT2D eigenvalue weighted by molar-refractivity contribution is -0.146. The van der Waals surface area contributed by atoms with Crippen molar-refractivity contribution in [2.75, 3.05) is 18.0 Å². The number of aromatic nitrogens is 6. The van der Waals surface area contributed by atoms with E-state index < -0.39 is 34.8 Å². The summed E-state index contributed by atoms with van der Waals surface area (Å²) in [5.41, 5.74) is -2.19. The van der Waals surface area contributed by atoms with Crippen molar-refractivity contribution in [2.45, 2.75) is 63.3 Å². The van der Waals surface area contributed by atoms with Gasteiger partial charge in [-0.2, -0.15) is 13.2 Å². The number of piperidine rings is 1. The van der Waals surface area contributed by atoms with E-state index in [-0.39, 0.29) is 36.0 Å². The zero-order valence-electron chi connectivity index (χ0n) is 28.8. The van der Waals surface area contributed by atoms with Gasteiger partial charge in [0.15, 0.2) is 5.69 Å². The Morgan fingerprint density at radius 2 is 1.77 bits per heavy atom. The first-order valence-corrected chi connectivity index (χ1v) is 17.7. The zero-order valence-corrected chi connectivity index (χ0v) is 28.8. The van der Waals surface area contributed by atoms with Gasteiger partial charge in [0.2, 0.25) is 5.95 Å². The molecule has 3 fully saturated rings. The lowest BCUT2D eigenvalue weighted by Crippen LogP contribution is -2.57. The van der Waals surface area contributed by atoms with Gasteiger partial charge in [-0.25, -0.2) is 29.7 Å². The lowest BCUT2D eigenvalue weighted by atomic mass is 9.78. The molecule has 4 unspecified atom stereocenters. The van der Waals surface area contributed by atoms with Crippen molar-refractivity contribution >= 4 is 28.7 Å². The van der Waals surface area contributed by atoms with Crippen molar-refractivity contribution in [1.82, 2.24) is 34.8 Å². The summed E-state index contributed by atoms with van der Waals surface area (Å²) < 4.78 is 52.3. The van der Waals surface area contributed by atoms with Crippen LogP contribution in [0.1, 0.15) is 61.5 Å². The van der Waals surface area contributed by atoms with Crippen molar-refractivity contribution in [2.24, 2.45) is 17.8 Å². The first-order valence-electron chi connectivity index (χ1n) is 17.7. The highest BCUT2D eigenvalue weighted by molar-refractivity contribution is 6.01. The molecule has 2 bridgehead atoms. The maximum atomic E-state index is 14.7. The Kier molecular flexibility index (Phi) is 8.74. The molecular formula is C38H37F3N8O4. The average Bonchev–Trinajstić information content (AvgIpc) is 3.66. The number of hydrogen-bond donors (Lipinski definition) is 2. The number of fused-ring (bicyclic) bond motifs is 3. The van der Waals surface area contributed by atoms with Crippen LogP contribution in [0, 0.1) is 17.8 Å².